The summed E-state index contributed by atoms with van der Waals surface area (Å²) in [7, 11) is 0. The molecule has 4 heavy (non-hydrogen) atoms. The first-order valence-electron chi connectivity index (χ1n) is 0.707. The van der Waals surface area contributed by atoms with E-state index in [2.05, 4.69) is 6.92 Å². The first kappa shape index (κ1) is 19.0. The van der Waals surface area contributed by atoms with Crippen LogP contribution in [0.2, 0.25) is 0 Å². The Hall–Kier alpha value is 1.19. The van der Waals surface area contributed by atoms with Gasteiger partial charge in [0.05, 0.1) is 0 Å². The van der Waals surface area contributed by atoms with Gasteiger partial charge < -0.3 is 6.92 Å². The average Bonchev–Trinajstić information content (AvgIpc) is 1.00. The van der Waals surface area contributed by atoms with Crippen LogP contribution in [0.3, 0.4) is 0 Å². The van der Waals surface area contributed by atoms with Gasteiger partial charge in [-0.05, 0) is 0 Å². The minimum atomic E-state index is 0. The van der Waals surface area contributed by atoms with Crippen molar-refractivity contribution in [1.82, 2.24) is 0 Å². The van der Waals surface area contributed by atoms with E-state index in [1.54, 1.807) is 6.92 Å². The van der Waals surface area contributed by atoms with Gasteiger partial charge in [0.2, 0.25) is 0 Å². The first-order chi connectivity index (χ1) is 1.00. The molecule has 0 aromatic carbocycles. The van der Waals surface area contributed by atoms with E-state index < -0.39 is 0 Å². The van der Waals surface area contributed by atoms with E-state index in [4.69, 9.17) is 0 Å². The third-order valence-electron chi connectivity index (χ3n) is 0. The molecule has 0 aromatic heterocycles. The molecule has 0 bridgehead atoms. The van der Waals surface area contributed by atoms with E-state index in [1.807, 2.05) is 0 Å². The molecule has 0 aliphatic carbocycles. The van der Waals surface area contributed by atoms with E-state index in [-0.39, 0.29) is 37.7 Å². The van der Waals surface area contributed by atoms with Crippen LogP contribution in [0, 0.1) is 6.92 Å². The Morgan fingerprint density at radius 2 is 1.25 bits per heavy atom. The summed E-state index contributed by atoms with van der Waals surface area (Å²) in [5.74, 6) is 0. The molecule has 1 radical (unpaired) electrons. The molecule has 0 aliphatic rings. The molecule has 0 unspecified atom stereocenters. The fourth-order valence-corrected chi connectivity index (χ4v) is 0. The second-order valence-electron chi connectivity index (χ2n) is 0. The molecule has 0 N–H and O–H groups in total. The predicted molar refractivity (Wildman–Crippen MR) is 16.8 cm³/mol. The van der Waals surface area contributed by atoms with Gasteiger partial charge >= 0.3 is 18.9 Å². The minimum absolute atomic E-state index is 0. The van der Waals surface area contributed by atoms with Crippen molar-refractivity contribution in [2.45, 2.75) is 6.92 Å². The second-order valence-corrected chi connectivity index (χ2v) is 0. The monoisotopic (exact) mass is 43.1 g/mol. The fourth-order valence-electron chi connectivity index (χ4n) is 0. The van der Waals surface area contributed by atoms with Gasteiger partial charge in [0, 0.05) is 18.9 Å². The van der Waals surface area contributed by atoms with Crippen molar-refractivity contribution >= 4 is 18.9 Å². The third-order valence-corrected chi connectivity index (χ3v) is 0. The Morgan fingerprint density at radius 1 is 1.25 bits per heavy atom. The van der Waals surface area contributed by atoms with Crippen LogP contribution in [-0.2, 0) is 0 Å². The maximum atomic E-state index is 3.25. The standard InChI is InChI=1S/C2H5.2Li/c1-2;;/h1H2,2H3;;/q-1;;+1. The van der Waals surface area contributed by atoms with Crippen LogP contribution in [0.1, 0.15) is 6.92 Å². The Balaban J connectivity index is -0.00000000500. The van der Waals surface area contributed by atoms with Crippen LogP contribution in [0.15, 0.2) is 0 Å². The van der Waals surface area contributed by atoms with Crippen LogP contribution in [-0.4, -0.2) is 18.9 Å². The minimum Gasteiger partial charge on any atom is -0.346 e. The predicted octanol–water partition coefficient (Wildman–Crippen LogP) is -2.54. The summed E-state index contributed by atoms with van der Waals surface area (Å²) in [5, 5.41) is 0. The van der Waals surface area contributed by atoms with Crippen LogP contribution in [0.25, 0.3) is 0 Å². The quantitative estimate of drug-likeness (QED) is 0.207. The van der Waals surface area contributed by atoms with E-state index in [0.29, 0.717) is 0 Å². The molecule has 0 rings (SSSR count). The summed E-state index contributed by atoms with van der Waals surface area (Å²) in [6.07, 6.45) is 0. The molecule has 0 nitrogen and oxygen atoms in total. The molecule has 0 aliphatic heterocycles. The summed E-state index contributed by atoms with van der Waals surface area (Å²) >= 11 is 0. The zero-order valence-corrected chi connectivity index (χ0v) is 3.71. The molecular weight excluding hydrogens is 37.9 g/mol. The van der Waals surface area contributed by atoms with Crippen molar-refractivity contribution in [2.24, 2.45) is 0 Å². The summed E-state index contributed by atoms with van der Waals surface area (Å²) in [4.78, 5) is 0. The van der Waals surface area contributed by atoms with Crippen LogP contribution in [0.5, 0.6) is 0 Å². The van der Waals surface area contributed by atoms with Gasteiger partial charge in [-0.3, -0.25) is 0 Å². The van der Waals surface area contributed by atoms with E-state index in [9.17, 15) is 0 Å². The molecule has 0 atom stereocenters. The molecule has 2 heteroatoms. The number of hydrogen-bond donors (Lipinski definition) is 0. The molecule has 15 valence electrons. The van der Waals surface area contributed by atoms with Gasteiger partial charge in [-0.15, -0.1) is 0 Å². The summed E-state index contributed by atoms with van der Waals surface area (Å²) in [6, 6.07) is 0. The van der Waals surface area contributed by atoms with Crippen LogP contribution in [0.4, 0.5) is 0 Å². The van der Waals surface area contributed by atoms with Gasteiger partial charge in [0.1, 0.15) is 0 Å². The van der Waals surface area contributed by atoms with Crippen LogP contribution >= 0.6 is 0 Å². The van der Waals surface area contributed by atoms with Crippen molar-refractivity contribution in [3.05, 3.63) is 6.92 Å². The van der Waals surface area contributed by atoms with Crippen molar-refractivity contribution < 1.29 is 18.9 Å². The largest absolute Gasteiger partial charge is 1.00 e. The zero-order chi connectivity index (χ0) is 2.00. The van der Waals surface area contributed by atoms with E-state index in [0.717, 1.165) is 0 Å². The Labute approximate surface area is 51.7 Å². The van der Waals surface area contributed by atoms with Crippen molar-refractivity contribution in [2.75, 3.05) is 0 Å². The maximum Gasteiger partial charge on any atom is 1.00 e. The summed E-state index contributed by atoms with van der Waals surface area (Å²) in [6.45, 7) is 5.00. The molecule has 0 heterocycles. The first-order valence-corrected chi connectivity index (χ1v) is 0.707. The molecule has 0 spiro atoms. The third kappa shape index (κ3) is 10.8. The van der Waals surface area contributed by atoms with Gasteiger partial charge in [-0.2, -0.15) is 6.92 Å². The van der Waals surface area contributed by atoms with Gasteiger partial charge in [-0.1, -0.05) is 0 Å². The van der Waals surface area contributed by atoms with Gasteiger partial charge in [0.15, 0.2) is 0 Å². The normalized spacial score (nSPS) is 1.50. The number of rotatable bonds is 0. The molecule has 0 aromatic rings. The van der Waals surface area contributed by atoms with Crippen molar-refractivity contribution in [3.63, 3.8) is 0 Å². The molecular formula is C2H5Li2. The maximum absolute atomic E-state index is 3.25. The summed E-state index contributed by atoms with van der Waals surface area (Å²) < 4.78 is 0. The smallest absolute Gasteiger partial charge is 0.346 e. The van der Waals surface area contributed by atoms with Crippen molar-refractivity contribution in [1.29, 1.82) is 0 Å². The Kier molecular flexibility index (Phi) is 142. The molecule has 0 saturated carbocycles. The van der Waals surface area contributed by atoms with Crippen molar-refractivity contribution in [3.8, 4) is 0 Å². The number of hydrogen-bond acceptors (Lipinski definition) is 0. The van der Waals surface area contributed by atoms with E-state index >= 15 is 0 Å². The van der Waals surface area contributed by atoms with Gasteiger partial charge in [0.25, 0.3) is 0 Å². The van der Waals surface area contributed by atoms with Crippen LogP contribution < -0.4 is 18.9 Å². The fraction of sp³-hybridized carbons (Fsp3) is 0.500. The topological polar surface area (TPSA) is 0 Å². The SMILES string of the molecule is [CH2-]C.[Li+].[Li]. The average molecular weight is 42.9 g/mol. The Morgan fingerprint density at radius 3 is 1.25 bits per heavy atom. The molecule has 0 saturated heterocycles. The molecule has 0 amide bonds. The molecule has 0 fully saturated rings. The zero-order valence-electron chi connectivity index (χ0n) is 3.71. The Bertz CT molecular complexity index is 4.00. The second kappa shape index (κ2) is 30.0. The summed E-state index contributed by atoms with van der Waals surface area (Å²) in [5.41, 5.74) is 0. The van der Waals surface area contributed by atoms with E-state index in [1.165, 1.54) is 0 Å². The van der Waals surface area contributed by atoms with Gasteiger partial charge in [-0.25, -0.2) is 0 Å².